The minimum Gasteiger partial charge on any atom is -0.454 e. The topological polar surface area (TPSA) is 84.5 Å². The summed E-state index contributed by atoms with van der Waals surface area (Å²) < 4.78 is 4.89. The quantitative estimate of drug-likeness (QED) is 0.653. The molecule has 0 saturated carbocycles. The highest BCUT2D eigenvalue weighted by Gasteiger charge is 2.13. The molecule has 2 N–H and O–H groups in total. The smallest absolute Gasteiger partial charge is 0.325 e. The molecule has 0 fully saturated rings. The van der Waals surface area contributed by atoms with E-state index in [-0.39, 0.29) is 31.0 Å². The van der Waals surface area contributed by atoms with Crippen LogP contribution in [0.25, 0.3) is 11.1 Å². The van der Waals surface area contributed by atoms with Crippen LogP contribution in [-0.2, 0) is 14.3 Å². The molecule has 2 aromatic carbocycles. The predicted molar refractivity (Wildman–Crippen MR) is 108 cm³/mol. The van der Waals surface area contributed by atoms with Crippen molar-refractivity contribution in [1.82, 2.24) is 10.6 Å². The van der Waals surface area contributed by atoms with Gasteiger partial charge in [-0.3, -0.25) is 14.4 Å². The summed E-state index contributed by atoms with van der Waals surface area (Å²) in [5.41, 5.74) is 2.50. The second-order valence-corrected chi connectivity index (χ2v) is 6.37. The van der Waals surface area contributed by atoms with E-state index >= 15 is 0 Å². The molecule has 2 rings (SSSR count). The van der Waals surface area contributed by atoms with E-state index in [9.17, 15) is 14.4 Å². The summed E-state index contributed by atoms with van der Waals surface area (Å²) in [6.45, 7) is 3.30. The van der Waals surface area contributed by atoms with E-state index in [2.05, 4.69) is 10.6 Å². The van der Waals surface area contributed by atoms with Gasteiger partial charge >= 0.3 is 5.97 Å². The van der Waals surface area contributed by atoms with E-state index in [0.29, 0.717) is 5.56 Å². The van der Waals surface area contributed by atoms with Gasteiger partial charge in [0.15, 0.2) is 6.61 Å². The number of nitrogens with one attached hydrogen (secondary N) is 2. The second-order valence-electron chi connectivity index (χ2n) is 6.37. The first-order valence-electron chi connectivity index (χ1n) is 9.42. The Morgan fingerprint density at radius 3 is 2.11 bits per heavy atom. The average Bonchev–Trinajstić information content (AvgIpc) is 2.75. The van der Waals surface area contributed by atoms with Crippen LogP contribution in [0.15, 0.2) is 54.6 Å². The predicted octanol–water partition coefficient (Wildman–Crippen LogP) is 2.93. The van der Waals surface area contributed by atoms with Crippen molar-refractivity contribution < 1.29 is 19.1 Å². The molecule has 6 nitrogen and oxygen atoms in total. The summed E-state index contributed by atoms with van der Waals surface area (Å²) in [6, 6.07) is 17.0. The van der Waals surface area contributed by atoms with Crippen LogP contribution in [0.3, 0.4) is 0 Å². The van der Waals surface area contributed by atoms with Crippen molar-refractivity contribution in [1.29, 1.82) is 0 Å². The van der Waals surface area contributed by atoms with Gasteiger partial charge in [0.25, 0.3) is 11.8 Å². The van der Waals surface area contributed by atoms with E-state index in [0.717, 1.165) is 24.0 Å². The largest absolute Gasteiger partial charge is 0.454 e. The lowest BCUT2D eigenvalue weighted by Gasteiger charge is -2.14. The highest BCUT2D eigenvalue weighted by molar-refractivity contribution is 5.96. The zero-order valence-electron chi connectivity index (χ0n) is 16.2. The van der Waals surface area contributed by atoms with Gasteiger partial charge in [0, 0.05) is 11.6 Å². The van der Waals surface area contributed by atoms with Crippen LogP contribution in [0.1, 0.15) is 37.0 Å². The Balaban J connectivity index is 1.77. The molecule has 0 bridgehead atoms. The Kier molecular flexibility index (Phi) is 8.21. The highest BCUT2D eigenvalue weighted by Crippen LogP contribution is 2.19. The number of esters is 1. The number of hydrogen-bond acceptors (Lipinski definition) is 4. The summed E-state index contributed by atoms with van der Waals surface area (Å²) in [5, 5.41) is 5.28. The molecule has 0 aliphatic heterocycles. The average molecular weight is 382 g/mol. The van der Waals surface area contributed by atoms with Gasteiger partial charge in [-0.05, 0) is 36.1 Å². The van der Waals surface area contributed by atoms with Crippen molar-refractivity contribution in [3.05, 3.63) is 60.2 Å². The Bertz CT molecular complexity index is 784. The van der Waals surface area contributed by atoms with Gasteiger partial charge in [0.1, 0.15) is 6.54 Å². The molecule has 148 valence electrons. The molecule has 0 unspecified atom stereocenters. The summed E-state index contributed by atoms with van der Waals surface area (Å²) in [7, 11) is 0. The van der Waals surface area contributed by atoms with Crippen LogP contribution in [0.5, 0.6) is 0 Å². The fourth-order valence-electron chi connectivity index (χ4n) is 2.66. The normalized spacial score (nSPS) is 10.4. The van der Waals surface area contributed by atoms with E-state index in [4.69, 9.17) is 4.74 Å². The van der Waals surface area contributed by atoms with Crippen molar-refractivity contribution in [3.63, 3.8) is 0 Å². The van der Waals surface area contributed by atoms with Crippen LogP contribution in [-0.4, -0.2) is 37.0 Å². The molecule has 2 aromatic rings. The number of amides is 2. The fraction of sp³-hybridized carbons (Fsp3) is 0.318. The molecule has 0 radical (unpaired) electrons. The van der Waals surface area contributed by atoms with E-state index in [1.165, 1.54) is 0 Å². The van der Waals surface area contributed by atoms with Crippen molar-refractivity contribution >= 4 is 17.8 Å². The molecular weight excluding hydrogens is 356 g/mol. The van der Waals surface area contributed by atoms with E-state index in [1.807, 2.05) is 56.3 Å². The maximum Gasteiger partial charge on any atom is 0.325 e. The molecule has 2 amide bonds. The first kappa shape index (κ1) is 21.2. The standard InChI is InChI=1S/C22H26N2O4/c1-3-19(4-2)24-20(25)15-28-21(26)14-23-22(27)18-12-10-17(11-13-18)16-8-6-5-7-9-16/h5-13,19H,3-4,14-15H2,1-2H3,(H,23,27)(H,24,25). The molecule has 0 aliphatic rings. The maximum atomic E-state index is 12.2. The fourth-order valence-corrected chi connectivity index (χ4v) is 2.66. The first-order chi connectivity index (χ1) is 13.5. The number of rotatable bonds is 9. The number of carbonyl (C=O) groups excluding carboxylic acids is 3. The van der Waals surface area contributed by atoms with Gasteiger partial charge in [-0.1, -0.05) is 56.3 Å². The maximum absolute atomic E-state index is 12.2. The van der Waals surface area contributed by atoms with Gasteiger partial charge in [-0.25, -0.2) is 0 Å². The lowest BCUT2D eigenvalue weighted by molar-refractivity contribution is -0.147. The second kappa shape index (κ2) is 10.9. The summed E-state index contributed by atoms with van der Waals surface area (Å²) in [4.78, 5) is 35.6. The van der Waals surface area contributed by atoms with Gasteiger partial charge in [0.05, 0.1) is 0 Å². The molecule has 28 heavy (non-hydrogen) atoms. The van der Waals surface area contributed by atoms with Gasteiger partial charge in [0.2, 0.25) is 0 Å². The zero-order chi connectivity index (χ0) is 20.4. The molecule has 0 aromatic heterocycles. The van der Waals surface area contributed by atoms with Crippen LogP contribution in [0.4, 0.5) is 0 Å². The van der Waals surface area contributed by atoms with E-state index in [1.54, 1.807) is 12.1 Å². The van der Waals surface area contributed by atoms with Crippen LogP contribution >= 0.6 is 0 Å². The number of hydrogen-bond donors (Lipinski definition) is 2. The Morgan fingerprint density at radius 2 is 1.50 bits per heavy atom. The molecule has 6 heteroatoms. The number of benzene rings is 2. The lowest BCUT2D eigenvalue weighted by atomic mass is 10.0. The third kappa shape index (κ3) is 6.54. The highest BCUT2D eigenvalue weighted by atomic mass is 16.5. The first-order valence-corrected chi connectivity index (χ1v) is 9.42. The summed E-state index contributed by atoms with van der Waals surface area (Å²) in [6.07, 6.45) is 1.63. The SMILES string of the molecule is CCC(CC)NC(=O)COC(=O)CNC(=O)c1ccc(-c2ccccc2)cc1. The Hall–Kier alpha value is -3.15. The molecule has 0 saturated heterocycles. The lowest BCUT2D eigenvalue weighted by Crippen LogP contribution is -2.38. The Labute approximate surface area is 165 Å². The number of ether oxygens (including phenoxy) is 1. The summed E-state index contributed by atoms with van der Waals surface area (Å²) in [5.74, 6) is -1.38. The van der Waals surface area contributed by atoms with Crippen LogP contribution in [0.2, 0.25) is 0 Å². The Morgan fingerprint density at radius 1 is 0.893 bits per heavy atom. The van der Waals surface area contributed by atoms with Gasteiger partial charge in [-0.2, -0.15) is 0 Å². The number of carbonyl (C=O) groups is 3. The minimum absolute atomic E-state index is 0.0739. The molecule has 0 atom stereocenters. The molecule has 0 heterocycles. The molecule has 0 aliphatic carbocycles. The van der Waals surface area contributed by atoms with Gasteiger partial charge < -0.3 is 15.4 Å². The van der Waals surface area contributed by atoms with Crippen molar-refractivity contribution in [2.75, 3.05) is 13.2 Å². The van der Waals surface area contributed by atoms with E-state index < -0.39 is 5.97 Å². The monoisotopic (exact) mass is 382 g/mol. The van der Waals surface area contributed by atoms with Crippen LogP contribution in [0, 0.1) is 0 Å². The minimum atomic E-state index is -0.658. The molecular formula is C22H26N2O4. The third-order valence-electron chi connectivity index (χ3n) is 4.36. The molecule has 0 spiro atoms. The van der Waals surface area contributed by atoms with Gasteiger partial charge in [-0.15, -0.1) is 0 Å². The third-order valence-corrected chi connectivity index (χ3v) is 4.36. The zero-order valence-corrected chi connectivity index (χ0v) is 16.2. The van der Waals surface area contributed by atoms with Crippen LogP contribution < -0.4 is 10.6 Å². The van der Waals surface area contributed by atoms with Crippen molar-refractivity contribution in [2.24, 2.45) is 0 Å². The van der Waals surface area contributed by atoms with Crippen molar-refractivity contribution in [3.8, 4) is 11.1 Å². The van der Waals surface area contributed by atoms with Crippen molar-refractivity contribution in [2.45, 2.75) is 32.7 Å². The summed E-state index contributed by atoms with van der Waals surface area (Å²) >= 11 is 0.